The Morgan fingerprint density at radius 3 is 2.38 bits per heavy atom. The molecule has 10 heteroatoms. The molecule has 2 aromatic rings. The van der Waals surface area contributed by atoms with Crippen LogP contribution in [0.15, 0.2) is 16.7 Å². The van der Waals surface area contributed by atoms with E-state index < -0.39 is 22.9 Å². The number of rotatable bonds is 8. The van der Waals surface area contributed by atoms with Crippen molar-refractivity contribution in [1.29, 1.82) is 0 Å². The molecule has 3 atom stereocenters. The number of nitrogens with zero attached hydrogens (tertiary/aromatic N) is 2. The van der Waals surface area contributed by atoms with Crippen molar-refractivity contribution in [3.05, 3.63) is 17.3 Å². The lowest BCUT2D eigenvalue weighted by atomic mass is 9.98. The predicted molar refractivity (Wildman–Crippen MR) is 140 cm³/mol. The molecular formula is C24H40N2O5S2Si. The SMILES string of the molecule is COCOC[C@@H]1C[C@H](c2csc3c(S(=O)(=O)C(C)(C)C)ncnc23)C[C@@H]1O[Si](C)(C)C(C)(C)C. The molecule has 1 saturated carbocycles. The second-order valence-electron chi connectivity index (χ2n) is 11.8. The van der Waals surface area contributed by atoms with Gasteiger partial charge in [-0.25, -0.2) is 18.4 Å². The zero-order chi connectivity index (χ0) is 25.5. The van der Waals surface area contributed by atoms with Gasteiger partial charge in [0.1, 0.15) is 13.1 Å². The molecule has 2 heterocycles. The maximum Gasteiger partial charge on any atom is 0.202 e. The van der Waals surface area contributed by atoms with Gasteiger partial charge in [0.25, 0.3) is 0 Å². The number of ether oxygens (including phenoxy) is 2. The molecule has 1 aliphatic carbocycles. The number of hydrogen-bond donors (Lipinski definition) is 0. The number of fused-ring (bicyclic) bond motifs is 1. The fourth-order valence-electron chi connectivity index (χ4n) is 4.12. The lowest BCUT2D eigenvalue weighted by Crippen LogP contribution is -2.45. The Kier molecular flexibility index (Phi) is 8.02. The second kappa shape index (κ2) is 9.86. The summed E-state index contributed by atoms with van der Waals surface area (Å²) in [5, 5.41) is 2.31. The Hall–Kier alpha value is -0.913. The lowest BCUT2D eigenvalue weighted by Gasteiger charge is -2.39. The van der Waals surface area contributed by atoms with Crippen LogP contribution in [0.4, 0.5) is 0 Å². The molecule has 0 amide bonds. The zero-order valence-corrected chi connectivity index (χ0v) is 24.6. The van der Waals surface area contributed by atoms with Crippen molar-refractivity contribution >= 4 is 39.7 Å². The van der Waals surface area contributed by atoms with Gasteiger partial charge in [-0.3, -0.25) is 0 Å². The normalized spacial score (nSPS) is 22.6. The molecule has 0 aromatic carbocycles. The maximum absolute atomic E-state index is 13.2. The van der Waals surface area contributed by atoms with Crippen LogP contribution in [-0.2, 0) is 23.7 Å². The molecule has 0 unspecified atom stereocenters. The van der Waals surface area contributed by atoms with E-state index in [1.165, 1.54) is 17.7 Å². The van der Waals surface area contributed by atoms with E-state index in [1.807, 2.05) is 0 Å². The summed E-state index contributed by atoms with van der Waals surface area (Å²) < 4.78 is 43.8. The number of sulfone groups is 1. The molecule has 0 N–H and O–H groups in total. The first-order valence-corrected chi connectivity index (χ1v) is 17.1. The molecule has 0 radical (unpaired) electrons. The Morgan fingerprint density at radius 2 is 1.79 bits per heavy atom. The molecule has 7 nitrogen and oxygen atoms in total. The van der Waals surface area contributed by atoms with E-state index in [0.29, 0.717) is 11.3 Å². The van der Waals surface area contributed by atoms with Gasteiger partial charge in [0.15, 0.2) is 13.3 Å². The van der Waals surface area contributed by atoms with Crippen LogP contribution in [0.2, 0.25) is 18.1 Å². The summed E-state index contributed by atoms with van der Waals surface area (Å²) in [5.41, 5.74) is 1.84. The van der Waals surface area contributed by atoms with Gasteiger partial charge in [0.2, 0.25) is 9.84 Å². The van der Waals surface area contributed by atoms with Crippen molar-refractivity contribution in [2.45, 2.75) is 94.3 Å². The van der Waals surface area contributed by atoms with E-state index in [2.05, 4.69) is 49.2 Å². The molecule has 0 saturated heterocycles. The molecule has 0 spiro atoms. The van der Waals surface area contributed by atoms with E-state index in [1.54, 1.807) is 27.9 Å². The first-order valence-electron chi connectivity index (χ1n) is 11.8. The van der Waals surface area contributed by atoms with Crippen LogP contribution < -0.4 is 0 Å². The Balaban J connectivity index is 1.95. The highest BCUT2D eigenvalue weighted by Crippen LogP contribution is 2.47. The van der Waals surface area contributed by atoms with Gasteiger partial charge in [0, 0.05) is 13.0 Å². The summed E-state index contributed by atoms with van der Waals surface area (Å²) in [5.74, 6) is 0.462. The molecule has 0 bridgehead atoms. The zero-order valence-electron chi connectivity index (χ0n) is 22.0. The third-order valence-corrected chi connectivity index (χ3v) is 15.3. The predicted octanol–water partition coefficient (Wildman–Crippen LogP) is 5.77. The van der Waals surface area contributed by atoms with Gasteiger partial charge >= 0.3 is 0 Å². The molecule has 1 fully saturated rings. The maximum atomic E-state index is 13.2. The smallest absolute Gasteiger partial charge is 0.202 e. The molecule has 34 heavy (non-hydrogen) atoms. The Bertz CT molecular complexity index is 1100. The summed E-state index contributed by atoms with van der Waals surface area (Å²) in [6, 6.07) is 0. The van der Waals surface area contributed by atoms with Crippen LogP contribution in [-0.4, -0.2) is 58.1 Å². The highest BCUT2D eigenvalue weighted by atomic mass is 32.2. The molecule has 1 aliphatic rings. The third-order valence-electron chi connectivity index (χ3n) is 7.26. The largest absolute Gasteiger partial charge is 0.414 e. The molecule has 3 rings (SSSR count). The van der Waals surface area contributed by atoms with Crippen molar-refractivity contribution in [2.24, 2.45) is 5.92 Å². The fourth-order valence-corrected chi connectivity index (χ4v) is 8.08. The highest BCUT2D eigenvalue weighted by Gasteiger charge is 2.45. The average Bonchev–Trinajstić information content (AvgIpc) is 3.30. The van der Waals surface area contributed by atoms with E-state index in [9.17, 15) is 8.42 Å². The molecular weight excluding hydrogens is 488 g/mol. The summed E-state index contributed by atoms with van der Waals surface area (Å²) >= 11 is 1.42. The van der Waals surface area contributed by atoms with Gasteiger partial charge in [-0.2, -0.15) is 0 Å². The fraction of sp³-hybridized carbons (Fsp3) is 0.750. The van der Waals surface area contributed by atoms with Crippen LogP contribution in [0, 0.1) is 5.92 Å². The minimum absolute atomic E-state index is 0.0808. The van der Waals surface area contributed by atoms with Gasteiger partial charge in [-0.1, -0.05) is 20.8 Å². The van der Waals surface area contributed by atoms with Gasteiger partial charge in [-0.15, -0.1) is 11.3 Å². The summed E-state index contributed by atoms with van der Waals surface area (Å²) in [4.78, 5) is 8.73. The van der Waals surface area contributed by atoms with Crippen molar-refractivity contribution in [1.82, 2.24) is 9.97 Å². The number of hydrogen-bond acceptors (Lipinski definition) is 8. The molecule has 0 aliphatic heterocycles. The Labute approximate surface area is 209 Å². The van der Waals surface area contributed by atoms with Crippen molar-refractivity contribution in [2.75, 3.05) is 20.5 Å². The minimum Gasteiger partial charge on any atom is -0.414 e. The van der Waals surface area contributed by atoms with E-state index in [-0.39, 0.29) is 34.8 Å². The van der Waals surface area contributed by atoms with Crippen molar-refractivity contribution in [3.63, 3.8) is 0 Å². The highest BCUT2D eigenvalue weighted by molar-refractivity contribution is 7.93. The van der Waals surface area contributed by atoms with Gasteiger partial charge in [0.05, 0.1) is 27.7 Å². The number of methoxy groups -OCH3 is 1. The first kappa shape index (κ1) is 27.7. The van der Waals surface area contributed by atoms with Crippen LogP contribution in [0.3, 0.4) is 0 Å². The van der Waals surface area contributed by atoms with E-state index in [0.717, 1.165) is 23.9 Å². The first-order chi connectivity index (χ1) is 15.6. The number of aromatic nitrogens is 2. The summed E-state index contributed by atoms with van der Waals surface area (Å²) in [6.07, 6.45) is 3.23. The molecule has 192 valence electrons. The van der Waals surface area contributed by atoms with Crippen LogP contribution in [0.5, 0.6) is 0 Å². The van der Waals surface area contributed by atoms with E-state index >= 15 is 0 Å². The standard InChI is InChI=1S/C24H40N2O5S2Si/c1-23(2,3)33(27,28)22-21-20(25-14-26-22)18(13-32-21)16-10-17(12-30-15-29-7)19(11-16)31-34(8,9)24(4,5)6/h13-14,16-17,19H,10-12,15H2,1-9H3/t16-,17-,19-/m0/s1. The summed E-state index contributed by atoms with van der Waals surface area (Å²) in [6.45, 7) is 17.3. The van der Waals surface area contributed by atoms with Gasteiger partial charge < -0.3 is 13.9 Å². The average molecular weight is 529 g/mol. The quantitative estimate of drug-likeness (QED) is 0.186. The van der Waals surface area contributed by atoms with Gasteiger partial charge in [-0.05, 0) is 68.6 Å². The Morgan fingerprint density at radius 1 is 1.12 bits per heavy atom. The van der Waals surface area contributed by atoms with Crippen molar-refractivity contribution < 1.29 is 22.3 Å². The summed E-state index contributed by atoms with van der Waals surface area (Å²) in [7, 11) is -3.93. The van der Waals surface area contributed by atoms with Crippen LogP contribution in [0.1, 0.15) is 65.9 Å². The second-order valence-corrected chi connectivity index (χ2v) is 20.0. The molecule has 2 aromatic heterocycles. The topological polar surface area (TPSA) is 87.6 Å². The number of thiophene rings is 1. The third kappa shape index (κ3) is 5.42. The monoisotopic (exact) mass is 528 g/mol. The minimum atomic E-state index is -3.58. The van der Waals surface area contributed by atoms with Crippen molar-refractivity contribution in [3.8, 4) is 0 Å². The lowest BCUT2D eigenvalue weighted by molar-refractivity contribution is -0.0540. The van der Waals surface area contributed by atoms with E-state index in [4.69, 9.17) is 13.9 Å². The van der Waals surface area contributed by atoms with Crippen LogP contribution in [0.25, 0.3) is 10.2 Å². The van der Waals surface area contributed by atoms with Crippen LogP contribution >= 0.6 is 11.3 Å².